The SMILES string of the molecule is c1ccc(-c2ccc(-n3c4ccccc4c4ccc(-c5ccc6c(c5)c5ccccc5n6-c5ccccc5)cc43)c3sc4ccccc4c23)cc1. The number of nitrogens with zero attached hydrogens (tertiary/aromatic N) is 2. The van der Waals surface area contributed by atoms with Crippen LogP contribution in [0.1, 0.15) is 0 Å². The third-order valence-corrected chi connectivity index (χ3v) is 11.7. The quantitative estimate of drug-likeness (QED) is 0.177. The number of para-hydroxylation sites is 3. The van der Waals surface area contributed by atoms with Crippen LogP contribution < -0.4 is 0 Å². The summed E-state index contributed by atoms with van der Waals surface area (Å²) in [6.45, 7) is 0. The van der Waals surface area contributed by atoms with Gasteiger partial charge < -0.3 is 9.13 Å². The summed E-state index contributed by atoms with van der Waals surface area (Å²) in [7, 11) is 0. The number of thiophene rings is 1. The van der Waals surface area contributed by atoms with Crippen molar-refractivity contribution in [2.24, 2.45) is 0 Å². The minimum absolute atomic E-state index is 1.17. The van der Waals surface area contributed by atoms with Crippen LogP contribution in [-0.4, -0.2) is 9.13 Å². The van der Waals surface area contributed by atoms with Crippen molar-refractivity contribution < 1.29 is 0 Å². The summed E-state index contributed by atoms with van der Waals surface area (Å²) >= 11 is 1.89. The van der Waals surface area contributed by atoms with Gasteiger partial charge in [0.15, 0.2) is 0 Å². The molecule has 0 radical (unpaired) electrons. The maximum Gasteiger partial charge on any atom is 0.0641 e. The van der Waals surface area contributed by atoms with Crippen molar-refractivity contribution in [2.45, 2.75) is 0 Å². The van der Waals surface area contributed by atoms with Crippen LogP contribution in [0.5, 0.6) is 0 Å². The standard InChI is InChI=1S/C48H30N2S/c1-3-13-31(14-4-1)35-26-28-44(48-47(35)39-19-9-12-22-46(39)51-48)50-42-21-11-7-17-36(42)38-25-23-33(30-45(38)50)32-24-27-43-40(29-32)37-18-8-10-20-41(37)49(43)34-15-5-2-6-16-34/h1-30H. The molecule has 0 N–H and O–H groups in total. The fourth-order valence-corrected chi connectivity index (χ4v) is 9.50. The van der Waals surface area contributed by atoms with E-state index in [4.69, 9.17) is 0 Å². The number of rotatable bonds is 4. The van der Waals surface area contributed by atoms with Gasteiger partial charge in [0.1, 0.15) is 0 Å². The highest BCUT2D eigenvalue weighted by molar-refractivity contribution is 7.26. The molecule has 51 heavy (non-hydrogen) atoms. The van der Waals surface area contributed by atoms with Gasteiger partial charge in [-0.05, 0) is 76.9 Å². The zero-order valence-corrected chi connectivity index (χ0v) is 28.4. The van der Waals surface area contributed by atoms with E-state index in [1.54, 1.807) is 0 Å². The summed E-state index contributed by atoms with van der Waals surface area (Å²) in [5.41, 5.74) is 12.2. The lowest BCUT2D eigenvalue weighted by molar-refractivity contribution is 1.18. The Balaban J connectivity index is 1.17. The topological polar surface area (TPSA) is 9.86 Å². The Labute approximate surface area is 298 Å². The average Bonchev–Trinajstić information content (AvgIpc) is 3.86. The van der Waals surface area contributed by atoms with E-state index in [2.05, 4.69) is 191 Å². The molecule has 0 amide bonds. The van der Waals surface area contributed by atoms with Crippen LogP contribution in [0.2, 0.25) is 0 Å². The van der Waals surface area contributed by atoms with Gasteiger partial charge in [-0.25, -0.2) is 0 Å². The van der Waals surface area contributed by atoms with E-state index in [-0.39, 0.29) is 0 Å². The molecule has 3 aromatic heterocycles. The molecule has 0 bridgehead atoms. The first-order valence-electron chi connectivity index (χ1n) is 17.4. The molecule has 0 aliphatic carbocycles. The van der Waals surface area contributed by atoms with E-state index < -0.39 is 0 Å². The van der Waals surface area contributed by atoms with Gasteiger partial charge in [-0.3, -0.25) is 0 Å². The van der Waals surface area contributed by atoms with Crippen LogP contribution in [0, 0.1) is 0 Å². The van der Waals surface area contributed by atoms with Crippen LogP contribution in [0.15, 0.2) is 182 Å². The number of hydrogen-bond acceptors (Lipinski definition) is 1. The Morgan fingerprint density at radius 2 is 0.941 bits per heavy atom. The normalized spacial score (nSPS) is 11.9. The highest BCUT2D eigenvalue weighted by atomic mass is 32.1. The minimum Gasteiger partial charge on any atom is -0.309 e. The molecule has 0 saturated heterocycles. The van der Waals surface area contributed by atoms with Gasteiger partial charge >= 0.3 is 0 Å². The molecule has 0 aliphatic heterocycles. The predicted molar refractivity (Wildman–Crippen MR) is 219 cm³/mol. The summed E-state index contributed by atoms with van der Waals surface area (Å²) in [6.07, 6.45) is 0. The van der Waals surface area contributed by atoms with Gasteiger partial charge in [-0.2, -0.15) is 0 Å². The summed E-state index contributed by atoms with van der Waals surface area (Å²) in [5, 5.41) is 7.68. The number of hydrogen-bond donors (Lipinski definition) is 0. The second-order valence-corrected chi connectivity index (χ2v) is 14.4. The maximum atomic E-state index is 2.50. The highest BCUT2D eigenvalue weighted by Gasteiger charge is 2.20. The van der Waals surface area contributed by atoms with Gasteiger partial charge in [-0.15, -0.1) is 11.3 Å². The molecular formula is C48H30N2S. The van der Waals surface area contributed by atoms with Crippen LogP contribution in [-0.2, 0) is 0 Å². The molecule has 0 spiro atoms. The first-order chi connectivity index (χ1) is 25.3. The number of fused-ring (bicyclic) bond motifs is 9. The van der Waals surface area contributed by atoms with E-state index >= 15 is 0 Å². The predicted octanol–water partition coefficient (Wildman–Crippen LogP) is 13.6. The number of benzene rings is 8. The summed E-state index contributed by atoms with van der Waals surface area (Å²) in [6, 6.07) is 66.6. The van der Waals surface area contributed by atoms with Gasteiger partial charge in [-0.1, -0.05) is 127 Å². The molecular weight excluding hydrogens is 637 g/mol. The van der Waals surface area contributed by atoms with Crippen molar-refractivity contribution in [3.8, 4) is 33.6 Å². The van der Waals surface area contributed by atoms with Crippen molar-refractivity contribution in [3.05, 3.63) is 182 Å². The molecule has 0 unspecified atom stereocenters. The fourth-order valence-electron chi connectivity index (χ4n) is 8.27. The second kappa shape index (κ2) is 11.0. The Kier molecular flexibility index (Phi) is 6.16. The zero-order chi connectivity index (χ0) is 33.5. The molecule has 0 aliphatic rings. The first kappa shape index (κ1) is 28.4. The maximum absolute atomic E-state index is 2.50. The monoisotopic (exact) mass is 666 g/mol. The Morgan fingerprint density at radius 1 is 0.353 bits per heavy atom. The largest absolute Gasteiger partial charge is 0.309 e. The van der Waals surface area contributed by atoms with E-state index in [1.807, 2.05) is 11.3 Å². The van der Waals surface area contributed by atoms with Crippen molar-refractivity contribution in [1.29, 1.82) is 0 Å². The van der Waals surface area contributed by atoms with Gasteiger partial charge in [0.05, 0.1) is 32.5 Å². The molecule has 238 valence electrons. The van der Waals surface area contributed by atoms with Crippen LogP contribution in [0.4, 0.5) is 0 Å². The molecule has 0 atom stereocenters. The third-order valence-electron chi connectivity index (χ3n) is 10.5. The Bertz CT molecular complexity index is 3130. The fraction of sp³-hybridized carbons (Fsp3) is 0. The summed E-state index contributed by atoms with van der Waals surface area (Å²) < 4.78 is 7.49. The lowest BCUT2D eigenvalue weighted by Gasteiger charge is -2.13. The lowest BCUT2D eigenvalue weighted by Crippen LogP contribution is -1.95. The second-order valence-electron chi connectivity index (χ2n) is 13.3. The van der Waals surface area contributed by atoms with E-state index in [9.17, 15) is 0 Å². The first-order valence-corrected chi connectivity index (χ1v) is 18.3. The number of aromatic nitrogens is 2. The Morgan fingerprint density at radius 3 is 1.75 bits per heavy atom. The molecule has 0 fully saturated rings. The zero-order valence-electron chi connectivity index (χ0n) is 27.6. The molecule has 11 aromatic rings. The molecule has 8 aromatic carbocycles. The van der Waals surface area contributed by atoms with Crippen molar-refractivity contribution in [1.82, 2.24) is 9.13 Å². The third kappa shape index (κ3) is 4.22. The van der Waals surface area contributed by atoms with Crippen LogP contribution >= 0.6 is 11.3 Å². The smallest absolute Gasteiger partial charge is 0.0641 e. The van der Waals surface area contributed by atoms with Gasteiger partial charge in [0.2, 0.25) is 0 Å². The molecule has 11 rings (SSSR count). The van der Waals surface area contributed by atoms with Crippen LogP contribution in [0.25, 0.3) is 97.4 Å². The summed E-state index contributed by atoms with van der Waals surface area (Å²) in [4.78, 5) is 0. The molecule has 2 nitrogen and oxygen atoms in total. The Hall–Kier alpha value is -6.42. The van der Waals surface area contributed by atoms with Crippen molar-refractivity contribution in [3.63, 3.8) is 0 Å². The molecule has 3 heterocycles. The average molecular weight is 667 g/mol. The molecule has 3 heteroatoms. The van der Waals surface area contributed by atoms with E-state index in [1.165, 1.54) is 97.4 Å². The van der Waals surface area contributed by atoms with Crippen molar-refractivity contribution >= 4 is 75.1 Å². The highest BCUT2D eigenvalue weighted by Crippen LogP contribution is 2.45. The van der Waals surface area contributed by atoms with Gasteiger partial charge in [0, 0.05) is 42.7 Å². The lowest BCUT2D eigenvalue weighted by atomic mass is 9.98. The van der Waals surface area contributed by atoms with Gasteiger partial charge in [0.25, 0.3) is 0 Å². The van der Waals surface area contributed by atoms with Crippen molar-refractivity contribution in [2.75, 3.05) is 0 Å². The minimum atomic E-state index is 1.17. The molecule has 0 saturated carbocycles. The van der Waals surface area contributed by atoms with E-state index in [0.717, 1.165) is 0 Å². The van der Waals surface area contributed by atoms with Crippen LogP contribution in [0.3, 0.4) is 0 Å². The summed E-state index contributed by atoms with van der Waals surface area (Å²) in [5.74, 6) is 0. The van der Waals surface area contributed by atoms with E-state index in [0.29, 0.717) is 0 Å².